The molecular formula is C8H16O2. The van der Waals surface area contributed by atoms with Gasteiger partial charge in [-0.2, -0.15) is 0 Å². The molecule has 1 aliphatic rings. The second-order valence-electron chi connectivity index (χ2n) is 2.67. The van der Waals surface area contributed by atoms with Gasteiger partial charge in [0.2, 0.25) is 0 Å². The van der Waals surface area contributed by atoms with E-state index in [1.54, 1.807) is 0 Å². The fourth-order valence-electron chi connectivity index (χ4n) is 1.13. The summed E-state index contributed by atoms with van der Waals surface area (Å²) in [7, 11) is 0. The monoisotopic (exact) mass is 144 g/mol. The second kappa shape index (κ2) is 4.69. The SMILES string of the molecule is CCCCCC1OCCO1. The molecule has 1 heterocycles. The molecule has 10 heavy (non-hydrogen) atoms. The summed E-state index contributed by atoms with van der Waals surface area (Å²) in [6.07, 6.45) is 5.00. The largest absolute Gasteiger partial charge is 0.350 e. The van der Waals surface area contributed by atoms with E-state index in [9.17, 15) is 0 Å². The lowest BCUT2D eigenvalue weighted by Crippen LogP contribution is -2.06. The van der Waals surface area contributed by atoms with Crippen LogP contribution >= 0.6 is 0 Å². The summed E-state index contributed by atoms with van der Waals surface area (Å²) in [5.74, 6) is 0. The number of hydrogen-bond donors (Lipinski definition) is 0. The van der Waals surface area contributed by atoms with Crippen LogP contribution in [0.4, 0.5) is 0 Å². The van der Waals surface area contributed by atoms with E-state index in [1.807, 2.05) is 0 Å². The highest BCUT2D eigenvalue weighted by molar-refractivity contribution is 4.51. The lowest BCUT2D eigenvalue weighted by molar-refractivity contribution is -0.0479. The predicted molar refractivity (Wildman–Crippen MR) is 39.8 cm³/mol. The van der Waals surface area contributed by atoms with Crippen LogP contribution in [0.3, 0.4) is 0 Å². The Morgan fingerprint density at radius 2 is 1.90 bits per heavy atom. The number of hydrogen-bond acceptors (Lipinski definition) is 2. The topological polar surface area (TPSA) is 18.5 Å². The average Bonchev–Trinajstić information content (AvgIpc) is 2.41. The van der Waals surface area contributed by atoms with E-state index < -0.39 is 0 Å². The van der Waals surface area contributed by atoms with Crippen LogP contribution in [0.1, 0.15) is 32.6 Å². The molecule has 0 aromatic rings. The molecule has 0 amide bonds. The molecule has 0 radical (unpaired) electrons. The van der Waals surface area contributed by atoms with Gasteiger partial charge in [0.15, 0.2) is 6.29 Å². The highest BCUT2D eigenvalue weighted by atomic mass is 16.7. The first-order valence-corrected chi connectivity index (χ1v) is 4.16. The Kier molecular flexibility index (Phi) is 3.76. The molecule has 0 saturated carbocycles. The number of rotatable bonds is 4. The third kappa shape index (κ3) is 2.67. The third-order valence-corrected chi connectivity index (χ3v) is 1.73. The van der Waals surface area contributed by atoms with Crippen molar-refractivity contribution in [1.29, 1.82) is 0 Å². The maximum Gasteiger partial charge on any atom is 0.157 e. The molecule has 1 rings (SSSR count). The van der Waals surface area contributed by atoms with Gasteiger partial charge in [-0.25, -0.2) is 0 Å². The zero-order chi connectivity index (χ0) is 7.23. The molecule has 2 nitrogen and oxygen atoms in total. The van der Waals surface area contributed by atoms with Crippen molar-refractivity contribution in [3.63, 3.8) is 0 Å². The van der Waals surface area contributed by atoms with E-state index in [1.165, 1.54) is 19.3 Å². The minimum Gasteiger partial charge on any atom is -0.350 e. The van der Waals surface area contributed by atoms with Crippen molar-refractivity contribution in [3.05, 3.63) is 0 Å². The Hall–Kier alpha value is -0.0800. The molecule has 0 aliphatic carbocycles. The summed E-state index contributed by atoms with van der Waals surface area (Å²) in [6.45, 7) is 3.78. The maximum atomic E-state index is 5.28. The fraction of sp³-hybridized carbons (Fsp3) is 1.00. The van der Waals surface area contributed by atoms with Crippen LogP contribution in [0.2, 0.25) is 0 Å². The molecule has 1 aliphatic heterocycles. The van der Waals surface area contributed by atoms with Crippen molar-refractivity contribution >= 4 is 0 Å². The van der Waals surface area contributed by atoms with Crippen molar-refractivity contribution in [1.82, 2.24) is 0 Å². The standard InChI is InChI=1S/C8H16O2/c1-2-3-4-5-8-9-6-7-10-8/h8H,2-7H2,1H3. The summed E-state index contributed by atoms with van der Waals surface area (Å²) >= 11 is 0. The molecule has 0 spiro atoms. The smallest absolute Gasteiger partial charge is 0.157 e. The van der Waals surface area contributed by atoms with E-state index in [2.05, 4.69) is 6.92 Å². The normalized spacial score (nSPS) is 20.1. The van der Waals surface area contributed by atoms with Gasteiger partial charge in [-0.1, -0.05) is 19.8 Å². The molecule has 1 fully saturated rings. The number of unbranched alkanes of at least 4 members (excludes halogenated alkanes) is 2. The average molecular weight is 144 g/mol. The Morgan fingerprint density at radius 1 is 1.20 bits per heavy atom. The van der Waals surface area contributed by atoms with Gasteiger partial charge in [-0.3, -0.25) is 0 Å². The van der Waals surface area contributed by atoms with E-state index in [4.69, 9.17) is 9.47 Å². The van der Waals surface area contributed by atoms with Crippen molar-refractivity contribution < 1.29 is 9.47 Å². The first-order valence-electron chi connectivity index (χ1n) is 4.16. The van der Waals surface area contributed by atoms with E-state index in [-0.39, 0.29) is 6.29 Å². The van der Waals surface area contributed by atoms with Gasteiger partial charge < -0.3 is 9.47 Å². The maximum absolute atomic E-state index is 5.28. The molecule has 0 unspecified atom stereocenters. The van der Waals surface area contributed by atoms with Crippen LogP contribution in [0, 0.1) is 0 Å². The van der Waals surface area contributed by atoms with Crippen LogP contribution in [0.15, 0.2) is 0 Å². The Balaban J connectivity index is 1.91. The fourth-order valence-corrected chi connectivity index (χ4v) is 1.13. The third-order valence-electron chi connectivity index (χ3n) is 1.73. The lowest BCUT2D eigenvalue weighted by atomic mass is 10.2. The quantitative estimate of drug-likeness (QED) is 0.561. The summed E-state index contributed by atoms with van der Waals surface area (Å²) in [4.78, 5) is 0. The second-order valence-corrected chi connectivity index (χ2v) is 2.67. The molecule has 0 atom stereocenters. The minimum atomic E-state index is 0.117. The Morgan fingerprint density at radius 3 is 2.50 bits per heavy atom. The van der Waals surface area contributed by atoms with Crippen LogP contribution < -0.4 is 0 Å². The summed E-state index contributed by atoms with van der Waals surface area (Å²) in [5.41, 5.74) is 0. The first kappa shape index (κ1) is 8.02. The molecule has 0 aromatic heterocycles. The van der Waals surface area contributed by atoms with Crippen LogP contribution in [-0.2, 0) is 9.47 Å². The van der Waals surface area contributed by atoms with Crippen LogP contribution in [0.25, 0.3) is 0 Å². The molecule has 0 aromatic carbocycles. The highest BCUT2D eigenvalue weighted by Gasteiger charge is 2.14. The van der Waals surface area contributed by atoms with Gasteiger partial charge in [0.05, 0.1) is 13.2 Å². The van der Waals surface area contributed by atoms with Crippen molar-refractivity contribution in [2.45, 2.75) is 38.9 Å². The zero-order valence-corrected chi connectivity index (χ0v) is 6.64. The highest BCUT2D eigenvalue weighted by Crippen LogP contribution is 2.11. The van der Waals surface area contributed by atoms with Gasteiger partial charge in [-0.05, 0) is 12.8 Å². The molecule has 0 bridgehead atoms. The van der Waals surface area contributed by atoms with Crippen molar-refractivity contribution in [3.8, 4) is 0 Å². The molecule has 2 heteroatoms. The molecule has 1 saturated heterocycles. The predicted octanol–water partition coefficient (Wildman–Crippen LogP) is 1.94. The van der Waals surface area contributed by atoms with Gasteiger partial charge in [0.1, 0.15) is 0 Å². The van der Waals surface area contributed by atoms with Gasteiger partial charge >= 0.3 is 0 Å². The first-order chi connectivity index (χ1) is 4.93. The van der Waals surface area contributed by atoms with E-state index in [0.29, 0.717) is 0 Å². The molecule has 60 valence electrons. The van der Waals surface area contributed by atoms with Gasteiger partial charge in [-0.15, -0.1) is 0 Å². The van der Waals surface area contributed by atoms with Gasteiger partial charge in [0.25, 0.3) is 0 Å². The minimum absolute atomic E-state index is 0.117. The summed E-state index contributed by atoms with van der Waals surface area (Å²) in [5, 5.41) is 0. The van der Waals surface area contributed by atoms with Crippen LogP contribution in [-0.4, -0.2) is 19.5 Å². The zero-order valence-electron chi connectivity index (χ0n) is 6.64. The van der Waals surface area contributed by atoms with E-state index in [0.717, 1.165) is 19.6 Å². The summed E-state index contributed by atoms with van der Waals surface area (Å²) < 4.78 is 10.6. The Bertz CT molecular complexity index is 77.3. The van der Waals surface area contributed by atoms with Gasteiger partial charge in [0, 0.05) is 0 Å². The number of ether oxygens (including phenoxy) is 2. The molecular weight excluding hydrogens is 128 g/mol. The lowest BCUT2D eigenvalue weighted by Gasteiger charge is -2.06. The summed E-state index contributed by atoms with van der Waals surface area (Å²) in [6, 6.07) is 0. The Labute approximate surface area is 62.5 Å². The van der Waals surface area contributed by atoms with Crippen LogP contribution in [0.5, 0.6) is 0 Å². The van der Waals surface area contributed by atoms with Crippen molar-refractivity contribution in [2.24, 2.45) is 0 Å². The van der Waals surface area contributed by atoms with Crippen molar-refractivity contribution in [2.75, 3.05) is 13.2 Å². The van der Waals surface area contributed by atoms with E-state index >= 15 is 0 Å². The molecule has 0 N–H and O–H groups in total.